The summed E-state index contributed by atoms with van der Waals surface area (Å²) in [5.74, 6) is 0.449. The Kier molecular flexibility index (Phi) is 8.80. The number of nitrogens with two attached hydrogens (primary N) is 1. The van der Waals surface area contributed by atoms with Gasteiger partial charge >= 0.3 is 6.03 Å². The molecule has 2 saturated heterocycles. The second-order valence-corrected chi connectivity index (χ2v) is 19.1. The molecule has 47 heavy (non-hydrogen) atoms. The zero-order chi connectivity index (χ0) is 33.5. The van der Waals surface area contributed by atoms with Gasteiger partial charge in [-0.15, -0.1) is 0 Å². The molecule has 0 radical (unpaired) electrons. The minimum Gasteiger partial charge on any atom is -0.383 e. The maximum atomic E-state index is 13.9. The van der Waals surface area contributed by atoms with Crippen LogP contribution < -0.4 is 16.4 Å². The Balaban J connectivity index is 1.25. The van der Waals surface area contributed by atoms with Gasteiger partial charge in [-0.1, -0.05) is 19.6 Å². The fourth-order valence-electron chi connectivity index (χ4n) is 6.60. The molecule has 2 bridgehead atoms. The van der Waals surface area contributed by atoms with Gasteiger partial charge in [0.15, 0.2) is 11.4 Å². The number of nitrogens with zero attached hydrogens (tertiary/aromatic N) is 8. The minimum absolute atomic E-state index is 0.0442. The van der Waals surface area contributed by atoms with Crippen molar-refractivity contribution in [2.24, 2.45) is 0 Å². The molecule has 4 aromatic rings. The van der Waals surface area contributed by atoms with E-state index in [1.807, 2.05) is 11.0 Å². The average Bonchev–Trinajstić information content (AvgIpc) is 3.74. The van der Waals surface area contributed by atoms with Gasteiger partial charge in [-0.2, -0.15) is 14.7 Å². The van der Waals surface area contributed by atoms with Crippen LogP contribution in [0.25, 0.3) is 16.8 Å². The van der Waals surface area contributed by atoms with E-state index in [0.29, 0.717) is 47.7 Å². The van der Waals surface area contributed by atoms with Crippen LogP contribution in [-0.4, -0.2) is 90.8 Å². The number of fused-ring (bicyclic) bond motifs is 3. The zero-order valence-electron chi connectivity index (χ0n) is 27.4. The molecule has 2 aliphatic rings. The van der Waals surface area contributed by atoms with Crippen molar-refractivity contribution in [2.75, 3.05) is 24.7 Å². The highest BCUT2D eigenvalue weighted by atomic mass is 28.3. The molecule has 6 heterocycles. The number of carbonyl (C=O) groups excluding carboxylic acids is 3. The molecule has 1 unspecified atom stereocenters. The van der Waals surface area contributed by atoms with Gasteiger partial charge in [0.25, 0.3) is 5.91 Å². The predicted molar refractivity (Wildman–Crippen MR) is 178 cm³/mol. The number of ketones is 1. The van der Waals surface area contributed by atoms with Gasteiger partial charge in [0.1, 0.15) is 24.7 Å². The molecule has 248 valence electrons. The summed E-state index contributed by atoms with van der Waals surface area (Å²) in [6.07, 6.45) is 7.63. The van der Waals surface area contributed by atoms with Gasteiger partial charge in [-0.25, -0.2) is 24.4 Å². The first kappa shape index (κ1) is 32.2. The number of nitrogen functional groups attached to an aromatic ring is 1. The lowest BCUT2D eigenvalue weighted by molar-refractivity contribution is 0.0489. The fourth-order valence-corrected chi connectivity index (χ4v) is 7.36. The van der Waals surface area contributed by atoms with Crippen LogP contribution in [0.5, 0.6) is 0 Å². The van der Waals surface area contributed by atoms with Crippen molar-refractivity contribution in [1.82, 2.24) is 44.6 Å². The van der Waals surface area contributed by atoms with Crippen LogP contribution in [0.2, 0.25) is 25.7 Å². The molecule has 0 saturated carbocycles. The number of carbonyl (C=O) groups is 3. The van der Waals surface area contributed by atoms with Crippen molar-refractivity contribution in [1.29, 1.82) is 0 Å². The van der Waals surface area contributed by atoms with Crippen LogP contribution in [0.3, 0.4) is 0 Å². The van der Waals surface area contributed by atoms with Gasteiger partial charge < -0.3 is 20.7 Å². The molecule has 2 fully saturated rings. The predicted octanol–water partition coefficient (Wildman–Crippen LogP) is 3.78. The quantitative estimate of drug-likeness (QED) is 0.128. The van der Waals surface area contributed by atoms with Gasteiger partial charge in [-0.3, -0.25) is 14.9 Å². The molecule has 6 rings (SSSR count). The van der Waals surface area contributed by atoms with Gasteiger partial charge in [0.05, 0.1) is 17.5 Å². The molecule has 3 atom stereocenters. The Morgan fingerprint density at radius 2 is 1.81 bits per heavy atom. The summed E-state index contributed by atoms with van der Waals surface area (Å²) >= 11 is 0. The molecule has 16 heteroatoms. The standard InChI is InChI=1S/C31H41N11O4Si/c1-18(43)25-26(39-28-23(15-36-42(28)27(25)32)19-6-9-24(34-14-19)38-31(45)33-2)20-12-21-7-8-22(13-20)41(21)30(44)29-35-16-37-40(29)17-46-10-11-47(3,4)5/h6,9,14-16,20-22H,7-8,10-13,17,32H2,1-5H3,(H2,33,34,38,45)/t20?,21-,22+. The number of ether oxygens (including phenoxy) is 1. The molecule has 4 N–H and O–H groups in total. The maximum absolute atomic E-state index is 13.9. The molecule has 0 aromatic carbocycles. The number of pyridine rings is 1. The van der Waals surface area contributed by atoms with E-state index >= 15 is 0 Å². The second kappa shape index (κ2) is 12.8. The Morgan fingerprint density at radius 3 is 2.45 bits per heavy atom. The summed E-state index contributed by atoms with van der Waals surface area (Å²) in [5.41, 5.74) is 9.50. The van der Waals surface area contributed by atoms with Crippen molar-refractivity contribution in [2.45, 2.75) is 83.0 Å². The number of hydrogen-bond acceptors (Lipinski definition) is 10. The summed E-state index contributed by atoms with van der Waals surface area (Å²) in [7, 11) is 0.284. The Labute approximate surface area is 273 Å². The lowest BCUT2D eigenvalue weighted by atomic mass is 9.85. The van der Waals surface area contributed by atoms with Gasteiger partial charge in [0, 0.05) is 57.1 Å². The molecular formula is C31H41N11O4Si. The maximum Gasteiger partial charge on any atom is 0.320 e. The monoisotopic (exact) mass is 659 g/mol. The smallest absolute Gasteiger partial charge is 0.320 e. The topological polar surface area (TPSA) is 188 Å². The number of amides is 3. The zero-order valence-corrected chi connectivity index (χ0v) is 28.4. The van der Waals surface area contributed by atoms with Crippen LogP contribution in [0.1, 0.15) is 65.2 Å². The Morgan fingerprint density at radius 1 is 1.06 bits per heavy atom. The van der Waals surface area contributed by atoms with Crippen LogP contribution >= 0.6 is 0 Å². The van der Waals surface area contributed by atoms with E-state index in [-0.39, 0.29) is 54.1 Å². The van der Waals surface area contributed by atoms with E-state index in [0.717, 1.165) is 24.4 Å². The molecule has 15 nitrogen and oxygen atoms in total. The average molecular weight is 660 g/mol. The first-order valence-electron chi connectivity index (χ1n) is 15.9. The van der Waals surface area contributed by atoms with E-state index < -0.39 is 8.07 Å². The largest absolute Gasteiger partial charge is 0.383 e. The normalized spacial score (nSPS) is 19.3. The van der Waals surface area contributed by atoms with Gasteiger partial charge in [-0.05, 0) is 50.8 Å². The SMILES string of the molecule is CNC(=O)Nc1ccc(-c2cnn3c(N)c(C(C)=O)c(C4C[C@H]5CC[C@@H](C4)N5C(=O)c4ncnn4COCC[Si](C)(C)C)nc23)cn1. The number of nitrogens with one attached hydrogen (secondary N) is 2. The van der Waals surface area contributed by atoms with E-state index in [9.17, 15) is 14.4 Å². The molecule has 4 aromatic heterocycles. The summed E-state index contributed by atoms with van der Waals surface area (Å²) < 4.78 is 8.89. The van der Waals surface area contributed by atoms with E-state index in [1.54, 1.807) is 23.1 Å². The van der Waals surface area contributed by atoms with Crippen molar-refractivity contribution in [3.05, 3.63) is 47.9 Å². The van der Waals surface area contributed by atoms with Gasteiger partial charge in [0.2, 0.25) is 5.82 Å². The number of Topliss-reactive ketones (excluding diaryl/α,β-unsaturated/α-hetero) is 1. The third-order valence-corrected chi connectivity index (χ3v) is 10.7. The highest BCUT2D eigenvalue weighted by Crippen LogP contribution is 2.45. The summed E-state index contributed by atoms with van der Waals surface area (Å²) in [6.45, 7) is 9.17. The number of hydrogen-bond donors (Lipinski definition) is 3. The number of piperidine rings is 1. The first-order valence-corrected chi connectivity index (χ1v) is 19.6. The molecule has 3 amide bonds. The summed E-state index contributed by atoms with van der Waals surface area (Å²) in [4.78, 5) is 54.2. The molecule has 0 spiro atoms. The van der Waals surface area contributed by atoms with Crippen LogP contribution in [-0.2, 0) is 11.5 Å². The van der Waals surface area contributed by atoms with E-state index in [4.69, 9.17) is 15.5 Å². The fraction of sp³-hybridized carbons (Fsp3) is 0.484. The van der Waals surface area contributed by atoms with Crippen LogP contribution in [0, 0.1) is 0 Å². The Hall–Kier alpha value is -4.70. The lowest BCUT2D eigenvalue weighted by Crippen LogP contribution is -2.47. The van der Waals surface area contributed by atoms with Crippen molar-refractivity contribution >= 4 is 43.1 Å². The Bertz CT molecular complexity index is 1800. The summed E-state index contributed by atoms with van der Waals surface area (Å²) in [6, 6.07) is 4.06. The molecule has 2 aliphatic heterocycles. The number of urea groups is 1. The second-order valence-electron chi connectivity index (χ2n) is 13.4. The van der Waals surface area contributed by atoms with Crippen molar-refractivity contribution in [3.63, 3.8) is 0 Å². The van der Waals surface area contributed by atoms with Crippen LogP contribution in [0.4, 0.5) is 16.4 Å². The summed E-state index contributed by atoms with van der Waals surface area (Å²) in [5, 5.41) is 13.9. The highest BCUT2D eigenvalue weighted by Gasteiger charge is 2.46. The first-order chi connectivity index (χ1) is 22.4. The van der Waals surface area contributed by atoms with Crippen molar-refractivity contribution in [3.8, 4) is 11.1 Å². The number of aromatic nitrogens is 7. The number of anilines is 2. The molecule has 0 aliphatic carbocycles. The third kappa shape index (κ3) is 6.47. The lowest BCUT2D eigenvalue weighted by Gasteiger charge is -2.39. The van der Waals surface area contributed by atoms with E-state index in [1.165, 1.54) is 24.8 Å². The minimum atomic E-state index is -1.24. The van der Waals surface area contributed by atoms with Crippen molar-refractivity contribution < 1.29 is 19.1 Å². The van der Waals surface area contributed by atoms with E-state index in [2.05, 4.69) is 50.4 Å². The number of rotatable bonds is 10. The highest BCUT2D eigenvalue weighted by molar-refractivity contribution is 6.76. The third-order valence-electron chi connectivity index (χ3n) is 8.98. The molecular weight excluding hydrogens is 619 g/mol. The van der Waals surface area contributed by atoms with Crippen LogP contribution in [0.15, 0.2) is 30.9 Å².